The molecule has 76 valence electrons. The van der Waals surface area contributed by atoms with E-state index in [2.05, 4.69) is 6.92 Å². The zero-order valence-electron chi connectivity index (χ0n) is 8.34. The standard InChI is InChI=1S/C10H14ClN3/c1-3-14(2)9-5-4-7(10(12)13)6-8(9)11/h4-6H,3H2,1-2H3,(H3,12,13). The Morgan fingerprint density at radius 2 is 2.21 bits per heavy atom. The number of nitrogens with two attached hydrogens (primary N) is 1. The van der Waals surface area contributed by atoms with Gasteiger partial charge in [0.25, 0.3) is 0 Å². The first-order chi connectivity index (χ1) is 6.56. The molecule has 0 heterocycles. The van der Waals surface area contributed by atoms with Gasteiger partial charge in [0.15, 0.2) is 0 Å². The zero-order chi connectivity index (χ0) is 10.7. The van der Waals surface area contributed by atoms with E-state index in [1.165, 1.54) is 0 Å². The molecule has 1 rings (SSSR count). The van der Waals surface area contributed by atoms with Crippen molar-refractivity contribution >= 4 is 23.1 Å². The molecule has 0 saturated heterocycles. The molecule has 0 aliphatic rings. The molecule has 0 unspecified atom stereocenters. The second-order valence-electron chi connectivity index (χ2n) is 3.09. The van der Waals surface area contributed by atoms with Gasteiger partial charge in [-0.1, -0.05) is 11.6 Å². The van der Waals surface area contributed by atoms with Crippen molar-refractivity contribution < 1.29 is 0 Å². The van der Waals surface area contributed by atoms with Crippen molar-refractivity contribution in [2.75, 3.05) is 18.5 Å². The molecule has 0 aromatic heterocycles. The first kappa shape index (κ1) is 10.9. The number of benzene rings is 1. The Hall–Kier alpha value is -1.22. The van der Waals surface area contributed by atoms with Crippen LogP contribution in [0.3, 0.4) is 0 Å². The van der Waals surface area contributed by atoms with Gasteiger partial charge in [-0.05, 0) is 25.1 Å². The van der Waals surface area contributed by atoms with E-state index < -0.39 is 0 Å². The molecule has 0 fully saturated rings. The SMILES string of the molecule is CCN(C)c1ccc(C(=N)N)cc1Cl. The second-order valence-corrected chi connectivity index (χ2v) is 3.50. The van der Waals surface area contributed by atoms with Crippen LogP contribution in [0.2, 0.25) is 5.02 Å². The maximum absolute atomic E-state index is 7.26. The van der Waals surface area contributed by atoms with E-state index in [1.54, 1.807) is 12.1 Å². The fourth-order valence-electron chi connectivity index (χ4n) is 1.15. The summed E-state index contributed by atoms with van der Waals surface area (Å²) in [6.45, 7) is 2.94. The summed E-state index contributed by atoms with van der Waals surface area (Å²) in [5.41, 5.74) is 6.97. The van der Waals surface area contributed by atoms with Gasteiger partial charge in [0.05, 0.1) is 10.7 Å². The zero-order valence-corrected chi connectivity index (χ0v) is 9.10. The first-order valence-corrected chi connectivity index (χ1v) is 4.79. The van der Waals surface area contributed by atoms with Gasteiger partial charge in [-0.3, -0.25) is 5.41 Å². The number of amidine groups is 1. The Kier molecular flexibility index (Phi) is 3.36. The van der Waals surface area contributed by atoms with E-state index >= 15 is 0 Å². The quantitative estimate of drug-likeness (QED) is 0.594. The smallest absolute Gasteiger partial charge is 0.122 e. The molecule has 0 amide bonds. The number of hydrogen-bond donors (Lipinski definition) is 2. The van der Waals surface area contributed by atoms with Gasteiger partial charge in [0, 0.05) is 19.2 Å². The van der Waals surface area contributed by atoms with E-state index in [0.29, 0.717) is 10.6 Å². The third kappa shape index (κ3) is 2.17. The van der Waals surface area contributed by atoms with Crippen LogP contribution in [-0.4, -0.2) is 19.4 Å². The van der Waals surface area contributed by atoms with Crippen LogP contribution in [0.1, 0.15) is 12.5 Å². The lowest BCUT2D eigenvalue weighted by Gasteiger charge is -2.18. The van der Waals surface area contributed by atoms with Crippen LogP contribution in [0.5, 0.6) is 0 Å². The molecule has 0 saturated carbocycles. The average molecular weight is 212 g/mol. The Morgan fingerprint density at radius 1 is 1.57 bits per heavy atom. The molecule has 3 N–H and O–H groups in total. The van der Waals surface area contributed by atoms with Gasteiger partial charge in [0.1, 0.15) is 5.84 Å². The lowest BCUT2D eigenvalue weighted by atomic mass is 10.2. The minimum Gasteiger partial charge on any atom is -0.384 e. The van der Waals surface area contributed by atoms with Crippen molar-refractivity contribution in [1.29, 1.82) is 5.41 Å². The Balaban J connectivity index is 3.07. The van der Waals surface area contributed by atoms with E-state index in [-0.39, 0.29) is 5.84 Å². The number of rotatable bonds is 3. The fraction of sp³-hybridized carbons (Fsp3) is 0.300. The van der Waals surface area contributed by atoms with Gasteiger partial charge in [-0.25, -0.2) is 0 Å². The maximum atomic E-state index is 7.26. The summed E-state index contributed by atoms with van der Waals surface area (Å²) >= 11 is 6.05. The van der Waals surface area contributed by atoms with Crippen molar-refractivity contribution in [2.24, 2.45) is 5.73 Å². The van der Waals surface area contributed by atoms with Crippen LogP contribution in [-0.2, 0) is 0 Å². The number of nitrogens with one attached hydrogen (secondary N) is 1. The lowest BCUT2D eigenvalue weighted by Crippen LogP contribution is -2.17. The van der Waals surface area contributed by atoms with E-state index in [0.717, 1.165) is 12.2 Å². The Labute approximate surface area is 89.0 Å². The molecule has 0 aliphatic carbocycles. The van der Waals surface area contributed by atoms with Gasteiger partial charge < -0.3 is 10.6 Å². The number of hydrogen-bond acceptors (Lipinski definition) is 2. The highest BCUT2D eigenvalue weighted by Gasteiger charge is 2.06. The molecule has 1 aromatic rings. The number of halogens is 1. The monoisotopic (exact) mass is 211 g/mol. The summed E-state index contributed by atoms with van der Waals surface area (Å²) < 4.78 is 0. The molecule has 0 bridgehead atoms. The van der Waals surface area contributed by atoms with Crippen molar-refractivity contribution in [1.82, 2.24) is 0 Å². The van der Waals surface area contributed by atoms with Gasteiger partial charge >= 0.3 is 0 Å². The molecule has 14 heavy (non-hydrogen) atoms. The predicted octanol–water partition coefficient (Wildman–Crippen LogP) is 2.08. The van der Waals surface area contributed by atoms with Gasteiger partial charge in [-0.2, -0.15) is 0 Å². The van der Waals surface area contributed by atoms with Crippen LogP contribution in [0.15, 0.2) is 18.2 Å². The van der Waals surface area contributed by atoms with Crippen molar-refractivity contribution in [3.05, 3.63) is 28.8 Å². The highest BCUT2D eigenvalue weighted by molar-refractivity contribution is 6.33. The normalized spacial score (nSPS) is 9.93. The number of nitrogens with zero attached hydrogens (tertiary/aromatic N) is 1. The average Bonchev–Trinajstić information content (AvgIpc) is 2.16. The molecular weight excluding hydrogens is 198 g/mol. The molecule has 3 nitrogen and oxygen atoms in total. The second kappa shape index (κ2) is 4.33. The Bertz CT molecular complexity index is 349. The van der Waals surface area contributed by atoms with Gasteiger partial charge in [-0.15, -0.1) is 0 Å². The van der Waals surface area contributed by atoms with Gasteiger partial charge in [0.2, 0.25) is 0 Å². The molecule has 0 radical (unpaired) electrons. The van der Waals surface area contributed by atoms with Crippen molar-refractivity contribution in [3.8, 4) is 0 Å². The highest BCUT2D eigenvalue weighted by Crippen LogP contribution is 2.25. The molecule has 0 aliphatic heterocycles. The molecule has 0 spiro atoms. The van der Waals surface area contributed by atoms with E-state index in [1.807, 2.05) is 18.0 Å². The summed E-state index contributed by atoms with van der Waals surface area (Å²) in [6, 6.07) is 5.39. The summed E-state index contributed by atoms with van der Waals surface area (Å²) in [4.78, 5) is 2.03. The molecule has 4 heteroatoms. The minimum absolute atomic E-state index is 0.0394. The molecule has 0 atom stereocenters. The molecular formula is C10H14ClN3. The predicted molar refractivity (Wildman–Crippen MR) is 61.4 cm³/mol. The minimum atomic E-state index is 0.0394. The summed E-state index contributed by atoms with van der Waals surface area (Å²) in [5, 5.41) is 7.89. The van der Waals surface area contributed by atoms with E-state index in [9.17, 15) is 0 Å². The maximum Gasteiger partial charge on any atom is 0.122 e. The summed E-state index contributed by atoms with van der Waals surface area (Å²) in [7, 11) is 1.97. The fourth-order valence-corrected chi connectivity index (χ4v) is 1.48. The highest BCUT2D eigenvalue weighted by atomic mass is 35.5. The largest absolute Gasteiger partial charge is 0.384 e. The molecule has 1 aromatic carbocycles. The van der Waals surface area contributed by atoms with Crippen molar-refractivity contribution in [3.63, 3.8) is 0 Å². The third-order valence-electron chi connectivity index (χ3n) is 2.14. The third-order valence-corrected chi connectivity index (χ3v) is 2.45. The lowest BCUT2D eigenvalue weighted by molar-refractivity contribution is 0.968. The van der Waals surface area contributed by atoms with E-state index in [4.69, 9.17) is 22.7 Å². The first-order valence-electron chi connectivity index (χ1n) is 4.41. The van der Waals surface area contributed by atoms with Crippen LogP contribution in [0.4, 0.5) is 5.69 Å². The topological polar surface area (TPSA) is 53.1 Å². The number of anilines is 1. The van der Waals surface area contributed by atoms with Crippen LogP contribution in [0.25, 0.3) is 0 Å². The van der Waals surface area contributed by atoms with Crippen LogP contribution < -0.4 is 10.6 Å². The Morgan fingerprint density at radius 3 is 2.64 bits per heavy atom. The summed E-state index contributed by atoms with van der Waals surface area (Å²) in [5.74, 6) is 0.0394. The van der Waals surface area contributed by atoms with Crippen LogP contribution >= 0.6 is 11.6 Å². The van der Waals surface area contributed by atoms with Crippen molar-refractivity contribution in [2.45, 2.75) is 6.92 Å². The summed E-state index contributed by atoms with van der Waals surface area (Å²) in [6.07, 6.45) is 0. The van der Waals surface area contributed by atoms with Crippen LogP contribution in [0, 0.1) is 5.41 Å². The number of nitrogen functional groups attached to an aromatic ring is 1.